The summed E-state index contributed by atoms with van der Waals surface area (Å²) in [6.07, 6.45) is 2.30. The standard InChI is InChI=1S/C27H44N4O6/c1-7-8-9-12-17-31(23(24(34)29-18(2)3)19-13-10-11-14-21(19)32)25(35)20(15-16-22(28)33)30-26(36)37-27(4,5)6/h10-11,13-14,18,20,23,32H,7-9,12,15-17H2,1-6H3,(H2,28,33)(H,29,34)(H,30,36). The average Bonchev–Trinajstić information content (AvgIpc) is 2.77. The lowest BCUT2D eigenvalue weighted by Crippen LogP contribution is -2.54. The number of phenols is 1. The fourth-order valence-electron chi connectivity index (χ4n) is 3.80. The highest BCUT2D eigenvalue weighted by atomic mass is 16.6. The van der Waals surface area contributed by atoms with E-state index in [4.69, 9.17) is 10.5 Å². The summed E-state index contributed by atoms with van der Waals surface area (Å²) in [6, 6.07) is 3.80. The van der Waals surface area contributed by atoms with E-state index >= 15 is 0 Å². The van der Waals surface area contributed by atoms with E-state index in [2.05, 4.69) is 17.6 Å². The number of carbonyl (C=O) groups excluding carboxylic acids is 4. The number of hydrogen-bond acceptors (Lipinski definition) is 6. The van der Waals surface area contributed by atoms with Gasteiger partial charge in [-0.05, 0) is 53.5 Å². The van der Waals surface area contributed by atoms with Crippen LogP contribution in [0.4, 0.5) is 4.79 Å². The number of nitrogens with zero attached hydrogens (tertiary/aromatic N) is 1. The van der Waals surface area contributed by atoms with E-state index in [9.17, 15) is 24.3 Å². The summed E-state index contributed by atoms with van der Waals surface area (Å²) in [4.78, 5) is 52.9. The molecular formula is C27H44N4O6. The first-order valence-electron chi connectivity index (χ1n) is 12.9. The number of carbonyl (C=O) groups is 4. The fourth-order valence-corrected chi connectivity index (χ4v) is 3.80. The number of phenolic OH excluding ortho intramolecular Hbond substituents is 1. The van der Waals surface area contributed by atoms with E-state index in [1.165, 1.54) is 11.0 Å². The number of alkyl carbamates (subject to hydrolysis) is 1. The molecule has 1 rings (SSSR count). The number of rotatable bonds is 14. The van der Waals surface area contributed by atoms with E-state index in [1.54, 1.807) is 52.8 Å². The third kappa shape index (κ3) is 11.5. The smallest absolute Gasteiger partial charge is 0.408 e. The van der Waals surface area contributed by atoms with Crippen molar-refractivity contribution in [3.8, 4) is 5.75 Å². The zero-order chi connectivity index (χ0) is 28.2. The SMILES string of the molecule is CCCCCCN(C(=O)C(CCC(N)=O)NC(=O)OC(C)(C)C)C(C(=O)NC(C)C)c1ccccc1O. The summed E-state index contributed by atoms with van der Waals surface area (Å²) in [6.45, 7) is 10.9. The van der Waals surface area contributed by atoms with Crippen LogP contribution in [0.15, 0.2) is 24.3 Å². The summed E-state index contributed by atoms with van der Waals surface area (Å²) in [5, 5.41) is 16.0. The summed E-state index contributed by atoms with van der Waals surface area (Å²) in [7, 11) is 0. The second kappa shape index (κ2) is 15.1. The van der Waals surface area contributed by atoms with Gasteiger partial charge in [-0.25, -0.2) is 4.79 Å². The maximum absolute atomic E-state index is 14.0. The molecule has 0 radical (unpaired) electrons. The second-order valence-corrected chi connectivity index (χ2v) is 10.4. The lowest BCUT2D eigenvalue weighted by Gasteiger charge is -2.35. The highest BCUT2D eigenvalue weighted by molar-refractivity contribution is 5.93. The van der Waals surface area contributed by atoms with Gasteiger partial charge < -0.3 is 31.1 Å². The molecular weight excluding hydrogens is 476 g/mol. The van der Waals surface area contributed by atoms with E-state index in [0.717, 1.165) is 19.3 Å². The van der Waals surface area contributed by atoms with Gasteiger partial charge in [-0.3, -0.25) is 14.4 Å². The molecule has 0 aliphatic rings. The number of unbranched alkanes of at least 4 members (excludes halogenated alkanes) is 3. The topological polar surface area (TPSA) is 151 Å². The maximum atomic E-state index is 14.0. The van der Waals surface area contributed by atoms with E-state index in [-0.39, 0.29) is 36.7 Å². The Bertz CT molecular complexity index is 912. The molecule has 0 fully saturated rings. The van der Waals surface area contributed by atoms with Gasteiger partial charge in [0.25, 0.3) is 0 Å². The maximum Gasteiger partial charge on any atom is 0.408 e. The summed E-state index contributed by atoms with van der Waals surface area (Å²) >= 11 is 0. The summed E-state index contributed by atoms with van der Waals surface area (Å²) in [5.74, 6) is -1.80. The van der Waals surface area contributed by atoms with Crippen LogP contribution in [0.2, 0.25) is 0 Å². The third-order valence-electron chi connectivity index (χ3n) is 5.43. The number of para-hydroxylation sites is 1. The lowest BCUT2D eigenvalue weighted by atomic mass is 9.99. The highest BCUT2D eigenvalue weighted by Gasteiger charge is 2.37. The molecule has 1 aromatic carbocycles. The van der Waals surface area contributed by atoms with Gasteiger partial charge in [0.1, 0.15) is 23.4 Å². The molecule has 0 spiro atoms. The molecule has 0 aromatic heterocycles. The molecule has 10 nitrogen and oxygen atoms in total. The number of nitrogens with one attached hydrogen (secondary N) is 2. The molecule has 0 saturated carbocycles. The van der Waals surface area contributed by atoms with Crippen molar-refractivity contribution in [3.63, 3.8) is 0 Å². The molecule has 37 heavy (non-hydrogen) atoms. The molecule has 2 atom stereocenters. The molecule has 0 aliphatic heterocycles. The Morgan fingerprint density at radius 3 is 2.24 bits per heavy atom. The number of primary amides is 1. The molecule has 5 N–H and O–H groups in total. The monoisotopic (exact) mass is 520 g/mol. The Morgan fingerprint density at radius 2 is 1.70 bits per heavy atom. The molecule has 0 bridgehead atoms. The molecule has 2 unspecified atom stereocenters. The normalized spacial score (nSPS) is 12.9. The van der Waals surface area contributed by atoms with Gasteiger partial charge >= 0.3 is 6.09 Å². The van der Waals surface area contributed by atoms with Crippen LogP contribution in [-0.4, -0.2) is 58.1 Å². The number of ether oxygens (including phenoxy) is 1. The Morgan fingerprint density at radius 1 is 1.05 bits per heavy atom. The zero-order valence-electron chi connectivity index (χ0n) is 23.0. The van der Waals surface area contributed by atoms with Crippen LogP contribution in [-0.2, 0) is 19.1 Å². The van der Waals surface area contributed by atoms with Gasteiger partial charge in [-0.1, -0.05) is 44.4 Å². The van der Waals surface area contributed by atoms with Crippen LogP contribution in [0.5, 0.6) is 5.75 Å². The van der Waals surface area contributed by atoms with Crippen molar-refractivity contribution < 1.29 is 29.0 Å². The highest BCUT2D eigenvalue weighted by Crippen LogP contribution is 2.30. The minimum absolute atomic E-state index is 0.0713. The fraction of sp³-hybridized carbons (Fsp3) is 0.630. The van der Waals surface area contributed by atoms with Crippen molar-refractivity contribution in [2.45, 2.75) is 104 Å². The van der Waals surface area contributed by atoms with Crippen molar-refractivity contribution in [2.75, 3.05) is 6.54 Å². The van der Waals surface area contributed by atoms with Gasteiger partial charge in [0.2, 0.25) is 17.7 Å². The molecule has 4 amide bonds. The van der Waals surface area contributed by atoms with Crippen molar-refractivity contribution in [2.24, 2.45) is 5.73 Å². The number of hydrogen-bond donors (Lipinski definition) is 4. The van der Waals surface area contributed by atoms with Crippen LogP contribution in [0, 0.1) is 0 Å². The van der Waals surface area contributed by atoms with E-state index < -0.39 is 41.5 Å². The molecule has 0 heterocycles. The Labute approximate surface area is 220 Å². The quantitative estimate of drug-likeness (QED) is 0.276. The van der Waals surface area contributed by atoms with E-state index in [1.807, 2.05) is 0 Å². The number of benzene rings is 1. The molecule has 0 aliphatic carbocycles. The minimum atomic E-state index is -1.17. The predicted molar refractivity (Wildman–Crippen MR) is 142 cm³/mol. The molecule has 10 heteroatoms. The van der Waals surface area contributed by atoms with Crippen molar-refractivity contribution >= 4 is 23.8 Å². The van der Waals surface area contributed by atoms with Crippen LogP contribution in [0.3, 0.4) is 0 Å². The number of aromatic hydroxyl groups is 1. The first-order chi connectivity index (χ1) is 17.3. The van der Waals surface area contributed by atoms with Crippen molar-refractivity contribution in [1.82, 2.24) is 15.5 Å². The predicted octanol–water partition coefficient (Wildman–Crippen LogP) is 3.53. The lowest BCUT2D eigenvalue weighted by molar-refractivity contribution is -0.143. The average molecular weight is 521 g/mol. The summed E-state index contributed by atoms with van der Waals surface area (Å²) in [5.41, 5.74) is 4.78. The molecule has 1 aromatic rings. The van der Waals surface area contributed by atoms with Crippen LogP contribution >= 0.6 is 0 Å². The molecule has 208 valence electrons. The van der Waals surface area contributed by atoms with E-state index in [0.29, 0.717) is 6.42 Å². The van der Waals surface area contributed by atoms with Gasteiger partial charge in [0.15, 0.2) is 0 Å². The number of amides is 4. The Balaban J connectivity index is 3.50. The van der Waals surface area contributed by atoms with Gasteiger partial charge in [0, 0.05) is 24.6 Å². The number of nitrogens with two attached hydrogens (primary N) is 1. The van der Waals surface area contributed by atoms with Crippen LogP contribution in [0.1, 0.15) is 91.7 Å². The summed E-state index contributed by atoms with van der Waals surface area (Å²) < 4.78 is 5.33. The van der Waals surface area contributed by atoms with Gasteiger partial charge in [-0.15, -0.1) is 0 Å². The minimum Gasteiger partial charge on any atom is -0.508 e. The van der Waals surface area contributed by atoms with Gasteiger partial charge in [-0.2, -0.15) is 0 Å². The Kier molecular flexibility index (Phi) is 12.9. The first-order valence-corrected chi connectivity index (χ1v) is 12.9. The van der Waals surface area contributed by atoms with Crippen LogP contribution < -0.4 is 16.4 Å². The third-order valence-corrected chi connectivity index (χ3v) is 5.43. The zero-order valence-corrected chi connectivity index (χ0v) is 23.0. The van der Waals surface area contributed by atoms with Crippen molar-refractivity contribution in [3.05, 3.63) is 29.8 Å². The largest absolute Gasteiger partial charge is 0.508 e. The second-order valence-electron chi connectivity index (χ2n) is 10.4. The van der Waals surface area contributed by atoms with Crippen molar-refractivity contribution in [1.29, 1.82) is 0 Å². The Hall–Kier alpha value is -3.30. The van der Waals surface area contributed by atoms with Crippen LogP contribution in [0.25, 0.3) is 0 Å². The first kappa shape index (κ1) is 31.7. The molecule has 0 saturated heterocycles. The van der Waals surface area contributed by atoms with Gasteiger partial charge in [0.05, 0.1) is 0 Å².